The monoisotopic (exact) mass is 250 g/mol. The Morgan fingerprint density at radius 3 is 3.11 bits per heavy atom. The first kappa shape index (κ1) is 12.2. The van der Waals surface area contributed by atoms with Crippen LogP contribution < -0.4 is 0 Å². The average molecular weight is 250 g/mol. The summed E-state index contributed by atoms with van der Waals surface area (Å²) in [5, 5.41) is 0. The van der Waals surface area contributed by atoms with Gasteiger partial charge in [0.05, 0.1) is 26.0 Å². The van der Waals surface area contributed by atoms with Crippen molar-refractivity contribution < 1.29 is 9.15 Å². The van der Waals surface area contributed by atoms with Gasteiger partial charge < -0.3 is 14.1 Å². The summed E-state index contributed by atoms with van der Waals surface area (Å²) in [4.78, 5) is 4.80. The molecule has 100 valence electrons. The van der Waals surface area contributed by atoms with Crippen LogP contribution in [0.2, 0.25) is 0 Å². The molecule has 2 aliphatic heterocycles. The Balaban J connectivity index is 1.68. The maximum atomic E-state index is 5.72. The molecule has 1 aromatic heterocycles. The van der Waals surface area contributed by atoms with Gasteiger partial charge in [0.15, 0.2) is 0 Å². The third kappa shape index (κ3) is 2.20. The Labute approximate surface area is 108 Å². The molecule has 0 bridgehead atoms. The zero-order valence-electron chi connectivity index (χ0n) is 11.3. The minimum Gasteiger partial charge on any atom is -0.468 e. The van der Waals surface area contributed by atoms with Crippen LogP contribution in [0, 0.1) is 11.3 Å². The van der Waals surface area contributed by atoms with Gasteiger partial charge in [0, 0.05) is 31.0 Å². The zero-order valence-corrected chi connectivity index (χ0v) is 11.3. The molecule has 3 heterocycles. The molecule has 2 aliphatic rings. The number of nitrogens with zero attached hydrogens (tertiary/aromatic N) is 2. The highest BCUT2D eigenvalue weighted by Gasteiger charge is 2.50. The summed E-state index contributed by atoms with van der Waals surface area (Å²) >= 11 is 0. The molecular formula is C14H22N2O2. The van der Waals surface area contributed by atoms with Gasteiger partial charge in [-0.3, -0.25) is 4.90 Å². The molecule has 1 aromatic rings. The highest BCUT2D eigenvalue weighted by atomic mass is 16.5. The van der Waals surface area contributed by atoms with Crippen LogP contribution in [0.15, 0.2) is 22.8 Å². The quantitative estimate of drug-likeness (QED) is 0.805. The molecule has 3 rings (SSSR count). The van der Waals surface area contributed by atoms with Gasteiger partial charge in [-0.25, -0.2) is 0 Å². The van der Waals surface area contributed by atoms with Crippen LogP contribution in [0.3, 0.4) is 0 Å². The van der Waals surface area contributed by atoms with Crippen molar-refractivity contribution in [1.82, 2.24) is 9.80 Å². The van der Waals surface area contributed by atoms with Gasteiger partial charge in [-0.1, -0.05) is 0 Å². The second kappa shape index (κ2) is 4.68. The van der Waals surface area contributed by atoms with Crippen molar-refractivity contribution in [2.45, 2.75) is 6.54 Å². The zero-order chi connectivity index (χ0) is 12.6. The Bertz CT molecular complexity index is 391. The standard InChI is InChI=1S/C14H22N2O2/c1-15(2)9-14-10-16(6-12(14)8-17-11-14)7-13-4-3-5-18-13/h3-5,12H,6-11H2,1-2H3/t12-,14+/m0/s1. The largest absolute Gasteiger partial charge is 0.468 e. The van der Waals surface area contributed by atoms with Gasteiger partial charge in [0.2, 0.25) is 0 Å². The Kier molecular flexibility index (Phi) is 3.18. The van der Waals surface area contributed by atoms with Crippen LogP contribution in [-0.4, -0.2) is 56.7 Å². The molecule has 0 spiro atoms. The predicted octanol–water partition coefficient (Wildman–Crippen LogP) is 1.29. The summed E-state index contributed by atoms with van der Waals surface area (Å²) in [6, 6.07) is 4.02. The van der Waals surface area contributed by atoms with E-state index in [-0.39, 0.29) is 0 Å². The van der Waals surface area contributed by atoms with E-state index in [0.717, 1.165) is 45.2 Å². The van der Waals surface area contributed by atoms with Gasteiger partial charge in [-0.15, -0.1) is 0 Å². The van der Waals surface area contributed by atoms with E-state index < -0.39 is 0 Å². The highest BCUT2D eigenvalue weighted by Crippen LogP contribution is 2.42. The summed E-state index contributed by atoms with van der Waals surface area (Å²) < 4.78 is 11.2. The summed E-state index contributed by atoms with van der Waals surface area (Å²) in [7, 11) is 4.30. The van der Waals surface area contributed by atoms with Gasteiger partial charge in [0.25, 0.3) is 0 Å². The highest BCUT2D eigenvalue weighted by molar-refractivity contribution is 5.04. The van der Waals surface area contributed by atoms with Gasteiger partial charge >= 0.3 is 0 Å². The predicted molar refractivity (Wildman–Crippen MR) is 69.3 cm³/mol. The molecule has 0 radical (unpaired) electrons. The van der Waals surface area contributed by atoms with Crippen molar-refractivity contribution in [2.24, 2.45) is 11.3 Å². The van der Waals surface area contributed by atoms with E-state index in [1.807, 2.05) is 6.07 Å². The molecule has 0 aliphatic carbocycles. The normalized spacial score (nSPS) is 32.3. The summed E-state index contributed by atoms with van der Waals surface area (Å²) in [5.41, 5.74) is 0.329. The minimum atomic E-state index is 0.329. The van der Waals surface area contributed by atoms with Crippen LogP contribution in [0.4, 0.5) is 0 Å². The minimum absolute atomic E-state index is 0.329. The van der Waals surface area contributed by atoms with Crippen LogP contribution in [0.25, 0.3) is 0 Å². The lowest BCUT2D eigenvalue weighted by Gasteiger charge is -2.30. The van der Waals surface area contributed by atoms with Crippen molar-refractivity contribution in [1.29, 1.82) is 0 Å². The Morgan fingerprint density at radius 1 is 1.50 bits per heavy atom. The first-order valence-corrected chi connectivity index (χ1v) is 6.65. The van der Waals surface area contributed by atoms with Crippen LogP contribution in [0.1, 0.15) is 5.76 Å². The van der Waals surface area contributed by atoms with Gasteiger partial charge in [-0.05, 0) is 26.2 Å². The van der Waals surface area contributed by atoms with Crippen molar-refractivity contribution in [2.75, 3.05) is 46.9 Å². The van der Waals surface area contributed by atoms with Crippen molar-refractivity contribution in [3.8, 4) is 0 Å². The van der Waals surface area contributed by atoms with E-state index in [1.54, 1.807) is 6.26 Å². The Morgan fingerprint density at radius 2 is 2.39 bits per heavy atom. The topological polar surface area (TPSA) is 28.9 Å². The number of ether oxygens (including phenoxy) is 1. The molecule has 0 amide bonds. The molecule has 4 heteroatoms. The number of fused-ring (bicyclic) bond motifs is 1. The lowest BCUT2D eigenvalue weighted by molar-refractivity contribution is 0.108. The van der Waals surface area contributed by atoms with Crippen LogP contribution in [0.5, 0.6) is 0 Å². The van der Waals surface area contributed by atoms with E-state index in [0.29, 0.717) is 11.3 Å². The number of rotatable bonds is 4. The number of hydrogen-bond donors (Lipinski definition) is 0. The fourth-order valence-electron chi connectivity index (χ4n) is 3.54. The Hall–Kier alpha value is -0.840. The van der Waals surface area contributed by atoms with E-state index >= 15 is 0 Å². The first-order chi connectivity index (χ1) is 8.68. The summed E-state index contributed by atoms with van der Waals surface area (Å²) in [6.07, 6.45) is 1.75. The maximum Gasteiger partial charge on any atom is 0.117 e. The van der Waals surface area contributed by atoms with Gasteiger partial charge in [-0.2, -0.15) is 0 Å². The maximum absolute atomic E-state index is 5.72. The van der Waals surface area contributed by atoms with E-state index in [4.69, 9.17) is 9.15 Å². The van der Waals surface area contributed by atoms with Gasteiger partial charge in [0.1, 0.15) is 5.76 Å². The second-order valence-electron chi connectivity index (χ2n) is 6.06. The SMILES string of the molecule is CN(C)C[C@@]12COC[C@@H]1CN(Cc1ccco1)C2. The van der Waals surface area contributed by atoms with E-state index in [1.165, 1.54) is 0 Å². The molecule has 4 nitrogen and oxygen atoms in total. The average Bonchev–Trinajstić information content (AvgIpc) is 2.93. The number of likely N-dealkylation sites (tertiary alicyclic amines) is 1. The number of furan rings is 1. The molecule has 2 saturated heterocycles. The third-order valence-corrected chi connectivity index (χ3v) is 4.18. The van der Waals surface area contributed by atoms with Crippen molar-refractivity contribution in [3.63, 3.8) is 0 Å². The van der Waals surface area contributed by atoms with Crippen molar-refractivity contribution >= 4 is 0 Å². The molecular weight excluding hydrogens is 228 g/mol. The lowest BCUT2D eigenvalue weighted by atomic mass is 9.81. The summed E-state index contributed by atoms with van der Waals surface area (Å²) in [6.45, 7) is 6.13. The van der Waals surface area contributed by atoms with Crippen LogP contribution in [-0.2, 0) is 11.3 Å². The molecule has 0 unspecified atom stereocenters. The smallest absolute Gasteiger partial charge is 0.117 e. The van der Waals surface area contributed by atoms with Crippen LogP contribution >= 0.6 is 0 Å². The molecule has 2 atom stereocenters. The fraction of sp³-hybridized carbons (Fsp3) is 0.714. The second-order valence-corrected chi connectivity index (χ2v) is 6.06. The third-order valence-electron chi connectivity index (χ3n) is 4.18. The molecule has 18 heavy (non-hydrogen) atoms. The van der Waals surface area contributed by atoms with E-state index in [2.05, 4.69) is 30.0 Å². The van der Waals surface area contributed by atoms with Crippen molar-refractivity contribution in [3.05, 3.63) is 24.2 Å². The first-order valence-electron chi connectivity index (χ1n) is 6.65. The molecule has 0 N–H and O–H groups in total. The fourth-order valence-corrected chi connectivity index (χ4v) is 3.54. The summed E-state index contributed by atoms with van der Waals surface area (Å²) in [5.74, 6) is 1.74. The molecule has 0 saturated carbocycles. The lowest BCUT2D eigenvalue weighted by Crippen LogP contribution is -2.40. The molecule has 0 aromatic carbocycles. The van der Waals surface area contributed by atoms with E-state index in [9.17, 15) is 0 Å². The molecule has 2 fully saturated rings. The number of hydrogen-bond acceptors (Lipinski definition) is 4.